The van der Waals surface area contributed by atoms with E-state index in [9.17, 15) is 14.0 Å². The number of carbonyl (C=O) groups excluding carboxylic acids is 2. The van der Waals surface area contributed by atoms with Crippen molar-refractivity contribution in [3.63, 3.8) is 0 Å². The van der Waals surface area contributed by atoms with Gasteiger partial charge in [-0.25, -0.2) is 4.39 Å². The first-order valence-corrected chi connectivity index (χ1v) is 8.19. The Morgan fingerprint density at radius 1 is 0.960 bits per heavy atom. The molecular formula is C20H22FNO3. The molecule has 0 saturated heterocycles. The molecule has 1 amide bonds. The van der Waals surface area contributed by atoms with Crippen LogP contribution in [0.2, 0.25) is 0 Å². The quantitative estimate of drug-likeness (QED) is 0.782. The molecule has 25 heavy (non-hydrogen) atoms. The lowest BCUT2D eigenvalue weighted by molar-refractivity contribution is -0.124. The lowest BCUT2D eigenvalue weighted by Gasteiger charge is -2.17. The maximum Gasteiger partial charge on any atom is 0.258 e. The summed E-state index contributed by atoms with van der Waals surface area (Å²) in [7, 11) is 0. The van der Waals surface area contributed by atoms with Gasteiger partial charge in [0.1, 0.15) is 11.6 Å². The van der Waals surface area contributed by atoms with Crippen molar-refractivity contribution in [2.24, 2.45) is 5.92 Å². The number of benzene rings is 2. The van der Waals surface area contributed by atoms with E-state index >= 15 is 0 Å². The average Bonchev–Trinajstić information content (AvgIpc) is 2.60. The van der Waals surface area contributed by atoms with Crippen molar-refractivity contribution in [1.82, 2.24) is 5.32 Å². The number of carbonyl (C=O) groups is 2. The first-order chi connectivity index (χ1) is 11.9. The van der Waals surface area contributed by atoms with Gasteiger partial charge in [0.05, 0.1) is 0 Å². The second kappa shape index (κ2) is 8.42. The number of hydrogen-bond acceptors (Lipinski definition) is 3. The molecule has 0 saturated carbocycles. The molecule has 0 heterocycles. The van der Waals surface area contributed by atoms with Gasteiger partial charge >= 0.3 is 0 Å². The minimum atomic E-state index is -0.384. The van der Waals surface area contributed by atoms with Gasteiger partial charge in [-0.1, -0.05) is 13.8 Å². The highest BCUT2D eigenvalue weighted by Crippen LogP contribution is 2.16. The van der Waals surface area contributed by atoms with Crippen LogP contribution in [0, 0.1) is 11.7 Å². The van der Waals surface area contributed by atoms with Crippen LogP contribution in [0.15, 0.2) is 48.5 Å². The Morgan fingerprint density at radius 2 is 1.48 bits per heavy atom. The smallest absolute Gasteiger partial charge is 0.258 e. The van der Waals surface area contributed by atoms with Crippen LogP contribution in [0.5, 0.6) is 5.75 Å². The Kier molecular flexibility index (Phi) is 6.28. The predicted molar refractivity (Wildman–Crippen MR) is 94.2 cm³/mol. The summed E-state index contributed by atoms with van der Waals surface area (Å²) in [5.74, 6) is 0.0804. The second-order valence-electron chi connectivity index (χ2n) is 6.25. The van der Waals surface area contributed by atoms with Crippen molar-refractivity contribution < 1.29 is 18.7 Å². The van der Waals surface area contributed by atoms with Gasteiger partial charge in [0, 0.05) is 17.2 Å². The largest absolute Gasteiger partial charge is 0.484 e. The molecule has 2 aromatic rings. The van der Waals surface area contributed by atoms with Gasteiger partial charge in [-0.05, 0) is 61.4 Å². The van der Waals surface area contributed by atoms with E-state index in [-0.39, 0.29) is 30.2 Å². The van der Waals surface area contributed by atoms with Gasteiger partial charge in [0.15, 0.2) is 12.4 Å². The van der Waals surface area contributed by atoms with Crippen LogP contribution in [0.25, 0.3) is 0 Å². The van der Waals surface area contributed by atoms with Crippen molar-refractivity contribution in [1.29, 1.82) is 0 Å². The highest BCUT2D eigenvalue weighted by molar-refractivity contribution is 6.09. The van der Waals surface area contributed by atoms with E-state index < -0.39 is 0 Å². The Morgan fingerprint density at radius 3 is 2.00 bits per heavy atom. The summed E-state index contributed by atoms with van der Waals surface area (Å²) >= 11 is 0. The molecule has 1 atom stereocenters. The van der Waals surface area contributed by atoms with Gasteiger partial charge in [-0.15, -0.1) is 0 Å². The molecule has 0 radical (unpaired) electrons. The van der Waals surface area contributed by atoms with Gasteiger partial charge < -0.3 is 10.1 Å². The Hall–Kier alpha value is -2.69. The minimum absolute atomic E-state index is 0.0757. The molecule has 1 unspecified atom stereocenters. The highest BCUT2D eigenvalue weighted by Gasteiger charge is 2.12. The summed E-state index contributed by atoms with van der Waals surface area (Å²) in [5, 5.41) is 2.86. The molecular weight excluding hydrogens is 321 g/mol. The van der Waals surface area contributed by atoms with Crippen LogP contribution in [0.4, 0.5) is 4.39 Å². The van der Waals surface area contributed by atoms with Gasteiger partial charge in [-0.2, -0.15) is 0 Å². The van der Waals surface area contributed by atoms with Crippen LogP contribution >= 0.6 is 0 Å². The van der Waals surface area contributed by atoms with E-state index in [2.05, 4.69) is 5.32 Å². The van der Waals surface area contributed by atoms with E-state index in [1.807, 2.05) is 20.8 Å². The Balaban J connectivity index is 1.92. The number of halogens is 1. The average molecular weight is 343 g/mol. The number of amides is 1. The standard InChI is InChI=1S/C20H22FNO3/c1-13(2)14(3)22-19(23)12-25-18-10-6-16(7-11-18)20(24)15-4-8-17(21)9-5-15/h4-11,13-14H,12H2,1-3H3,(H,22,23). The highest BCUT2D eigenvalue weighted by atomic mass is 19.1. The number of ketones is 1. The van der Waals surface area contributed by atoms with E-state index in [4.69, 9.17) is 4.74 Å². The molecule has 0 bridgehead atoms. The zero-order chi connectivity index (χ0) is 18.4. The number of hydrogen-bond donors (Lipinski definition) is 1. The predicted octanol–water partition coefficient (Wildman–Crippen LogP) is 3.60. The summed E-state index contributed by atoms with van der Waals surface area (Å²) in [5.41, 5.74) is 0.883. The van der Waals surface area contributed by atoms with Gasteiger partial charge in [0.25, 0.3) is 5.91 Å². The summed E-state index contributed by atoms with van der Waals surface area (Å²) < 4.78 is 18.3. The molecule has 4 nitrogen and oxygen atoms in total. The third-order valence-electron chi connectivity index (χ3n) is 3.98. The SMILES string of the molecule is CC(C)C(C)NC(=O)COc1ccc(C(=O)c2ccc(F)cc2)cc1. The van der Waals surface area contributed by atoms with Crippen molar-refractivity contribution in [3.8, 4) is 5.75 Å². The Labute approximate surface area is 147 Å². The van der Waals surface area contributed by atoms with E-state index in [1.54, 1.807) is 24.3 Å². The van der Waals surface area contributed by atoms with Gasteiger partial charge in [-0.3, -0.25) is 9.59 Å². The molecule has 132 valence electrons. The molecule has 0 spiro atoms. The van der Waals surface area contributed by atoms with Crippen molar-refractivity contribution >= 4 is 11.7 Å². The molecule has 0 aromatic heterocycles. The fraction of sp³-hybridized carbons (Fsp3) is 0.300. The maximum absolute atomic E-state index is 12.9. The molecule has 5 heteroatoms. The van der Waals surface area contributed by atoms with Crippen LogP contribution in [0.3, 0.4) is 0 Å². The fourth-order valence-electron chi connectivity index (χ4n) is 2.08. The monoisotopic (exact) mass is 343 g/mol. The topological polar surface area (TPSA) is 55.4 Å². The summed E-state index contributed by atoms with van der Waals surface area (Å²) in [4.78, 5) is 24.1. The first kappa shape index (κ1) is 18.6. The van der Waals surface area contributed by atoms with Crippen molar-refractivity contribution in [3.05, 3.63) is 65.5 Å². The molecule has 2 rings (SSSR count). The lowest BCUT2D eigenvalue weighted by atomic mass is 10.0. The molecule has 0 aliphatic heterocycles. The number of nitrogens with one attached hydrogen (secondary N) is 1. The lowest BCUT2D eigenvalue weighted by Crippen LogP contribution is -2.38. The Bertz CT molecular complexity index is 724. The summed E-state index contributed by atoms with van der Waals surface area (Å²) in [6, 6.07) is 12.0. The fourth-order valence-corrected chi connectivity index (χ4v) is 2.08. The molecule has 2 aromatic carbocycles. The number of rotatable bonds is 7. The van der Waals surface area contributed by atoms with Crippen molar-refractivity contribution in [2.45, 2.75) is 26.8 Å². The minimum Gasteiger partial charge on any atom is -0.484 e. The maximum atomic E-state index is 12.9. The van der Waals surface area contributed by atoms with Crippen LogP contribution < -0.4 is 10.1 Å². The second-order valence-corrected chi connectivity index (χ2v) is 6.25. The molecule has 0 aliphatic carbocycles. The number of ether oxygens (including phenoxy) is 1. The molecule has 0 fully saturated rings. The van der Waals surface area contributed by atoms with E-state index in [1.165, 1.54) is 24.3 Å². The summed E-state index contributed by atoms with van der Waals surface area (Å²) in [6.07, 6.45) is 0. The van der Waals surface area contributed by atoms with Crippen LogP contribution in [-0.2, 0) is 4.79 Å². The normalized spacial score (nSPS) is 11.9. The third-order valence-corrected chi connectivity index (χ3v) is 3.98. The van der Waals surface area contributed by atoms with Crippen molar-refractivity contribution in [2.75, 3.05) is 6.61 Å². The van der Waals surface area contributed by atoms with Gasteiger partial charge in [0.2, 0.25) is 0 Å². The first-order valence-electron chi connectivity index (χ1n) is 8.19. The van der Waals surface area contributed by atoms with Crippen LogP contribution in [-0.4, -0.2) is 24.3 Å². The summed E-state index contributed by atoms with van der Waals surface area (Å²) in [6.45, 7) is 5.92. The van der Waals surface area contributed by atoms with Crippen LogP contribution in [0.1, 0.15) is 36.7 Å². The molecule has 0 aliphatic rings. The third kappa shape index (κ3) is 5.41. The van der Waals surface area contributed by atoms with E-state index in [0.717, 1.165) is 0 Å². The zero-order valence-corrected chi connectivity index (χ0v) is 14.6. The van der Waals surface area contributed by atoms with E-state index in [0.29, 0.717) is 22.8 Å². The molecule has 1 N–H and O–H groups in total. The zero-order valence-electron chi connectivity index (χ0n) is 14.6.